The molecule has 2 N–H and O–H groups in total. The Balaban J connectivity index is 1.57. The number of anilines is 2. The van der Waals surface area contributed by atoms with Crippen molar-refractivity contribution in [2.75, 3.05) is 23.8 Å². The SMILES string of the molecule is O=C(Nc1ccccc1Br)c1ccc(NCC2CCCO2)cn1. The van der Waals surface area contributed by atoms with E-state index in [-0.39, 0.29) is 12.0 Å². The molecule has 2 aromatic rings. The first-order chi connectivity index (χ1) is 11.2. The molecule has 5 nitrogen and oxygen atoms in total. The lowest BCUT2D eigenvalue weighted by atomic mass is 10.2. The van der Waals surface area contributed by atoms with Crippen molar-refractivity contribution in [2.45, 2.75) is 18.9 Å². The minimum atomic E-state index is -0.234. The quantitative estimate of drug-likeness (QED) is 0.836. The van der Waals surface area contributed by atoms with Gasteiger partial charge in [-0.15, -0.1) is 0 Å². The number of pyridine rings is 1. The fraction of sp³-hybridized carbons (Fsp3) is 0.294. The van der Waals surface area contributed by atoms with Crippen LogP contribution >= 0.6 is 15.9 Å². The Morgan fingerprint density at radius 1 is 1.30 bits per heavy atom. The molecule has 0 aliphatic carbocycles. The van der Waals surface area contributed by atoms with Gasteiger partial charge in [0.1, 0.15) is 5.69 Å². The molecule has 1 atom stereocenters. The van der Waals surface area contributed by atoms with E-state index in [9.17, 15) is 4.79 Å². The number of carbonyl (C=O) groups excluding carboxylic acids is 1. The number of benzene rings is 1. The second-order valence-electron chi connectivity index (χ2n) is 5.38. The van der Waals surface area contributed by atoms with Crippen LogP contribution in [0.3, 0.4) is 0 Å². The van der Waals surface area contributed by atoms with E-state index in [0.717, 1.165) is 41.8 Å². The van der Waals surface area contributed by atoms with E-state index in [1.165, 1.54) is 0 Å². The van der Waals surface area contributed by atoms with E-state index in [0.29, 0.717) is 5.69 Å². The van der Waals surface area contributed by atoms with Crippen molar-refractivity contribution in [1.29, 1.82) is 0 Å². The highest BCUT2D eigenvalue weighted by molar-refractivity contribution is 9.10. The maximum absolute atomic E-state index is 12.2. The van der Waals surface area contributed by atoms with E-state index in [4.69, 9.17) is 4.74 Å². The Hall–Kier alpha value is -1.92. The first-order valence-electron chi connectivity index (χ1n) is 7.60. The normalized spacial score (nSPS) is 17.0. The van der Waals surface area contributed by atoms with Crippen molar-refractivity contribution in [3.63, 3.8) is 0 Å². The number of carbonyl (C=O) groups is 1. The Labute approximate surface area is 143 Å². The number of nitrogens with one attached hydrogen (secondary N) is 2. The summed E-state index contributed by atoms with van der Waals surface area (Å²) in [4.78, 5) is 16.4. The van der Waals surface area contributed by atoms with Crippen LogP contribution in [-0.2, 0) is 4.74 Å². The van der Waals surface area contributed by atoms with Crippen LogP contribution in [0.2, 0.25) is 0 Å². The van der Waals surface area contributed by atoms with Crippen molar-refractivity contribution >= 4 is 33.2 Å². The van der Waals surface area contributed by atoms with Gasteiger partial charge in [0.15, 0.2) is 0 Å². The molecule has 0 radical (unpaired) electrons. The van der Waals surface area contributed by atoms with E-state index in [1.54, 1.807) is 12.3 Å². The molecule has 0 bridgehead atoms. The molecule has 1 unspecified atom stereocenters. The molecule has 2 heterocycles. The molecule has 120 valence electrons. The first kappa shape index (κ1) is 16.0. The van der Waals surface area contributed by atoms with E-state index in [1.807, 2.05) is 30.3 Å². The van der Waals surface area contributed by atoms with Crippen LogP contribution in [0.4, 0.5) is 11.4 Å². The molecule has 1 aliphatic heterocycles. The standard InChI is InChI=1S/C17H18BrN3O2/c18-14-5-1-2-6-15(14)21-17(22)16-8-7-12(10-20-16)19-11-13-4-3-9-23-13/h1-2,5-8,10,13,19H,3-4,9,11H2,(H,21,22). The number of nitrogens with zero attached hydrogens (tertiary/aromatic N) is 1. The molecule has 0 saturated carbocycles. The highest BCUT2D eigenvalue weighted by atomic mass is 79.9. The van der Waals surface area contributed by atoms with Crippen molar-refractivity contribution in [2.24, 2.45) is 0 Å². The number of amides is 1. The Bertz CT molecular complexity index is 670. The van der Waals surface area contributed by atoms with E-state index in [2.05, 4.69) is 31.5 Å². The fourth-order valence-electron chi connectivity index (χ4n) is 2.42. The van der Waals surface area contributed by atoms with E-state index < -0.39 is 0 Å². The van der Waals surface area contributed by atoms with Gasteiger partial charge >= 0.3 is 0 Å². The minimum Gasteiger partial charge on any atom is -0.381 e. The third-order valence-corrected chi connectivity index (χ3v) is 4.37. The van der Waals surface area contributed by atoms with Crippen LogP contribution in [0.25, 0.3) is 0 Å². The lowest BCUT2D eigenvalue weighted by Crippen LogP contribution is -2.19. The molecule has 1 saturated heterocycles. The highest BCUT2D eigenvalue weighted by Gasteiger charge is 2.15. The number of para-hydroxylation sites is 1. The third kappa shape index (κ3) is 4.30. The van der Waals surface area contributed by atoms with Crippen LogP contribution in [0.1, 0.15) is 23.3 Å². The molecule has 1 aromatic heterocycles. The zero-order chi connectivity index (χ0) is 16.1. The number of aromatic nitrogens is 1. The van der Waals surface area contributed by atoms with Crippen LogP contribution in [0, 0.1) is 0 Å². The van der Waals surface area contributed by atoms with Gasteiger partial charge in [0.2, 0.25) is 0 Å². The number of ether oxygens (including phenoxy) is 1. The van der Waals surface area contributed by atoms with Crippen LogP contribution in [0.15, 0.2) is 47.1 Å². The molecule has 1 amide bonds. The van der Waals surface area contributed by atoms with Gasteiger partial charge in [-0.1, -0.05) is 12.1 Å². The van der Waals surface area contributed by atoms with Gasteiger partial charge in [-0.25, -0.2) is 4.98 Å². The Morgan fingerprint density at radius 3 is 2.87 bits per heavy atom. The van der Waals surface area contributed by atoms with Gasteiger partial charge in [-0.05, 0) is 53.0 Å². The summed E-state index contributed by atoms with van der Waals surface area (Å²) in [7, 11) is 0. The number of rotatable bonds is 5. The van der Waals surface area contributed by atoms with E-state index >= 15 is 0 Å². The molecule has 1 fully saturated rings. The lowest BCUT2D eigenvalue weighted by Gasteiger charge is -2.12. The zero-order valence-electron chi connectivity index (χ0n) is 12.6. The van der Waals surface area contributed by atoms with Crippen LogP contribution < -0.4 is 10.6 Å². The molecule has 6 heteroatoms. The Morgan fingerprint density at radius 2 is 2.17 bits per heavy atom. The zero-order valence-corrected chi connectivity index (χ0v) is 14.2. The third-order valence-electron chi connectivity index (χ3n) is 3.68. The van der Waals surface area contributed by atoms with Crippen molar-refractivity contribution in [1.82, 2.24) is 4.98 Å². The molecule has 3 rings (SSSR count). The lowest BCUT2D eigenvalue weighted by molar-refractivity contribution is 0.102. The van der Waals surface area contributed by atoms with Gasteiger partial charge in [-0.2, -0.15) is 0 Å². The summed E-state index contributed by atoms with van der Waals surface area (Å²) in [5, 5.41) is 6.12. The first-order valence-corrected chi connectivity index (χ1v) is 8.39. The highest BCUT2D eigenvalue weighted by Crippen LogP contribution is 2.21. The van der Waals surface area contributed by atoms with Gasteiger partial charge in [-0.3, -0.25) is 4.79 Å². The minimum absolute atomic E-state index is 0.234. The van der Waals surface area contributed by atoms with Gasteiger partial charge < -0.3 is 15.4 Å². The van der Waals surface area contributed by atoms with Gasteiger partial charge in [0, 0.05) is 17.6 Å². The molecular formula is C17H18BrN3O2. The van der Waals surface area contributed by atoms with Crippen LogP contribution in [-0.4, -0.2) is 30.1 Å². The van der Waals surface area contributed by atoms with Gasteiger partial charge in [0.25, 0.3) is 5.91 Å². The summed E-state index contributed by atoms with van der Waals surface area (Å²) in [5.41, 5.74) is 1.99. The largest absolute Gasteiger partial charge is 0.381 e. The predicted molar refractivity (Wildman–Crippen MR) is 93.8 cm³/mol. The Kier molecular flexibility index (Phi) is 5.25. The average molecular weight is 376 g/mol. The number of hydrogen-bond acceptors (Lipinski definition) is 4. The summed E-state index contributed by atoms with van der Waals surface area (Å²) in [6, 6.07) is 11.0. The summed E-state index contributed by atoms with van der Waals surface area (Å²) in [6.07, 6.45) is 4.16. The van der Waals surface area contributed by atoms with Crippen molar-refractivity contribution in [3.8, 4) is 0 Å². The summed E-state index contributed by atoms with van der Waals surface area (Å²) < 4.78 is 6.40. The number of hydrogen-bond donors (Lipinski definition) is 2. The smallest absolute Gasteiger partial charge is 0.274 e. The maximum atomic E-state index is 12.2. The fourth-order valence-corrected chi connectivity index (χ4v) is 2.80. The molecule has 0 spiro atoms. The predicted octanol–water partition coefficient (Wildman–Crippen LogP) is 3.69. The van der Waals surface area contributed by atoms with Crippen LogP contribution in [0.5, 0.6) is 0 Å². The summed E-state index contributed by atoms with van der Waals surface area (Å²) in [5.74, 6) is -0.234. The van der Waals surface area contributed by atoms with Crippen molar-refractivity contribution in [3.05, 3.63) is 52.8 Å². The molecule has 1 aliphatic rings. The molecule has 23 heavy (non-hydrogen) atoms. The summed E-state index contributed by atoms with van der Waals surface area (Å²) >= 11 is 3.40. The second kappa shape index (κ2) is 7.57. The average Bonchev–Trinajstić information content (AvgIpc) is 3.09. The maximum Gasteiger partial charge on any atom is 0.274 e. The van der Waals surface area contributed by atoms with Gasteiger partial charge in [0.05, 0.1) is 23.7 Å². The second-order valence-corrected chi connectivity index (χ2v) is 6.24. The van der Waals surface area contributed by atoms with Crippen molar-refractivity contribution < 1.29 is 9.53 Å². The topological polar surface area (TPSA) is 63.2 Å². The summed E-state index contributed by atoms with van der Waals surface area (Å²) in [6.45, 7) is 1.61. The number of halogens is 1. The monoisotopic (exact) mass is 375 g/mol. The molecular weight excluding hydrogens is 358 g/mol. The molecule has 1 aromatic carbocycles.